The number of carbonyl (C=O) groups excluding carboxylic acids is 2. The Bertz CT molecular complexity index is 875. The zero-order valence-corrected chi connectivity index (χ0v) is 16.5. The maximum atomic E-state index is 12.5. The molecule has 0 aliphatic heterocycles. The molecule has 2 aromatic carbocycles. The van der Waals surface area contributed by atoms with Crippen LogP contribution in [0.1, 0.15) is 23.6 Å². The SMILES string of the molecule is COc1ccc(CCNC(=O)[C@@H](C)OC(=O)/C=C/c2ccc(C(F)(F)F)cc2)cc1. The molecule has 0 aliphatic rings. The number of hydrogen-bond acceptors (Lipinski definition) is 4. The van der Waals surface area contributed by atoms with Crippen molar-refractivity contribution in [3.8, 4) is 5.75 Å². The van der Waals surface area contributed by atoms with Crippen LogP contribution in [0, 0.1) is 0 Å². The second kappa shape index (κ2) is 10.5. The first-order valence-corrected chi connectivity index (χ1v) is 9.15. The standard InChI is InChI=1S/C22H22F3NO4/c1-15(21(28)26-14-13-17-5-10-19(29-2)11-6-17)30-20(27)12-7-16-3-8-18(9-4-16)22(23,24)25/h3-12,15H,13-14H2,1-2H3,(H,26,28)/b12-7+/t15-/m1/s1. The lowest BCUT2D eigenvalue weighted by atomic mass is 10.1. The maximum absolute atomic E-state index is 12.5. The topological polar surface area (TPSA) is 64.6 Å². The number of benzene rings is 2. The van der Waals surface area contributed by atoms with Gasteiger partial charge in [0.1, 0.15) is 5.75 Å². The normalized spacial score (nSPS) is 12.4. The molecule has 0 saturated carbocycles. The van der Waals surface area contributed by atoms with Crippen LogP contribution in [0.15, 0.2) is 54.6 Å². The number of alkyl halides is 3. The van der Waals surface area contributed by atoms with E-state index >= 15 is 0 Å². The molecule has 0 radical (unpaired) electrons. The molecule has 0 bridgehead atoms. The van der Waals surface area contributed by atoms with E-state index in [1.807, 2.05) is 24.3 Å². The monoisotopic (exact) mass is 421 g/mol. The fraction of sp³-hybridized carbons (Fsp3) is 0.273. The highest BCUT2D eigenvalue weighted by Crippen LogP contribution is 2.29. The maximum Gasteiger partial charge on any atom is 0.416 e. The predicted molar refractivity (Wildman–Crippen MR) is 106 cm³/mol. The Morgan fingerprint density at radius 3 is 2.27 bits per heavy atom. The Balaban J connectivity index is 1.77. The van der Waals surface area contributed by atoms with Gasteiger partial charge in [0.05, 0.1) is 12.7 Å². The molecule has 8 heteroatoms. The Labute approximate surface area is 172 Å². The molecule has 1 N–H and O–H groups in total. The summed E-state index contributed by atoms with van der Waals surface area (Å²) in [4.78, 5) is 23.9. The fourth-order valence-electron chi connectivity index (χ4n) is 2.48. The Morgan fingerprint density at radius 1 is 1.07 bits per heavy atom. The van der Waals surface area contributed by atoms with Crippen LogP contribution in [0.5, 0.6) is 5.75 Å². The molecular weight excluding hydrogens is 399 g/mol. The lowest BCUT2D eigenvalue weighted by Gasteiger charge is -2.12. The van der Waals surface area contributed by atoms with Crippen molar-refractivity contribution in [2.45, 2.75) is 25.6 Å². The van der Waals surface area contributed by atoms with Crippen LogP contribution in [-0.2, 0) is 26.9 Å². The number of rotatable bonds is 8. The van der Waals surface area contributed by atoms with Crippen molar-refractivity contribution in [3.63, 3.8) is 0 Å². The number of ether oxygens (including phenoxy) is 2. The quantitative estimate of drug-likeness (QED) is 0.517. The van der Waals surface area contributed by atoms with E-state index in [9.17, 15) is 22.8 Å². The minimum atomic E-state index is -4.42. The van der Waals surface area contributed by atoms with Crippen molar-refractivity contribution in [3.05, 3.63) is 71.3 Å². The highest BCUT2D eigenvalue weighted by Gasteiger charge is 2.29. The summed E-state index contributed by atoms with van der Waals surface area (Å²) in [5.41, 5.74) is 0.638. The van der Waals surface area contributed by atoms with Crippen molar-refractivity contribution in [2.24, 2.45) is 0 Å². The van der Waals surface area contributed by atoms with Gasteiger partial charge in [-0.1, -0.05) is 24.3 Å². The van der Waals surface area contributed by atoms with E-state index in [2.05, 4.69) is 5.32 Å². The summed E-state index contributed by atoms with van der Waals surface area (Å²) in [6, 6.07) is 11.7. The molecule has 1 amide bonds. The summed E-state index contributed by atoms with van der Waals surface area (Å²) in [6.45, 7) is 1.81. The van der Waals surface area contributed by atoms with E-state index < -0.39 is 29.7 Å². The minimum absolute atomic E-state index is 0.369. The second-order valence-electron chi connectivity index (χ2n) is 6.42. The van der Waals surface area contributed by atoms with Gasteiger partial charge in [0.2, 0.25) is 0 Å². The van der Waals surface area contributed by atoms with E-state index in [-0.39, 0.29) is 0 Å². The van der Waals surface area contributed by atoms with Crippen molar-refractivity contribution in [2.75, 3.05) is 13.7 Å². The molecule has 0 aromatic heterocycles. The molecule has 0 fully saturated rings. The summed E-state index contributed by atoms with van der Waals surface area (Å²) in [5, 5.41) is 2.68. The second-order valence-corrected chi connectivity index (χ2v) is 6.42. The van der Waals surface area contributed by atoms with Gasteiger partial charge in [-0.15, -0.1) is 0 Å². The van der Waals surface area contributed by atoms with E-state index in [1.54, 1.807) is 7.11 Å². The number of nitrogens with one attached hydrogen (secondary N) is 1. The average Bonchev–Trinajstić information content (AvgIpc) is 2.72. The molecule has 2 rings (SSSR count). The molecule has 160 valence electrons. The molecule has 0 saturated heterocycles. The van der Waals surface area contributed by atoms with E-state index in [0.717, 1.165) is 29.5 Å². The molecule has 5 nitrogen and oxygen atoms in total. The van der Waals surface area contributed by atoms with Gasteiger partial charge >= 0.3 is 12.1 Å². The molecule has 2 aromatic rings. The molecule has 1 atom stereocenters. The summed E-state index contributed by atoms with van der Waals surface area (Å²) < 4.78 is 47.7. The largest absolute Gasteiger partial charge is 0.497 e. The number of carbonyl (C=O) groups is 2. The van der Waals surface area contributed by atoms with Gasteiger partial charge in [-0.3, -0.25) is 4.79 Å². The minimum Gasteiger partial charge on any atom is -0.497 e. The third kappa shape index (κ3) is 7.27. The zero-order valence-electron chi connectivity index (χ0n) is 16.5. The third-order valence-electron chi connectivity index (χ3n) is 4.18. The first-order chi connectivity index (χ1) is 14.2. The fourth-order valence-corrected chi connectivity index (χ4v) is 2.48. The summed E-state index contributed by atoms with van der Waals surface area (Å²) in [5.74, 6) is -0.472. The summed E-state index contributed by atoms with van der Waals surface area (Å²) >= 11 is 0. The Kier molecular flexibility index (Phi) is 8.03. The first-order valence-electron chi connectivity index (χ1n) is 9.15. The van der Waals surface area contributed by atoms with E-state index in [0.29, 0.717) is 18.5 Å². The summed E-state index contributed by atoms with van der Waals surface area (Å²) in [7, 11) is 1.58. The highest BCUT2D eigenvalue weighted by atomic mass is 19.4. The number of esters is 1. The zero-order chi connectivity index (χ0) is 22.1. The number of amides is 1. The van der Waals surface area contributed by atoms with Gasteiger partial charge in [-0.05, 0) is 54.8 Å². The van der Waals surface area contributed by atoms with Crippen LogP contribution in [0.3, 0.4) is 0 Å². The van der Waals surface area contributed by atoms with Crippen LogP contribution in [0.4, 0.5) is 13.2 Å². The van der Waals surface area contributed by atoms with Gasteiger partial charge in [0, 0.05) is 12.6 Å². The van der Waals surface area contributed by atoms with Crippen LogP contribution in [-0.4, -0.2) is 31.6 Å². The van der Waals surface area contributed by atoms with Crippen LogP contribution in [0.2, 0.25) is 0 Å². The van der Waals surface area contributed by atoms with Crippen molar-refractivity contribution in [1.29, 1.82) is 0 Å². The van der Waals surface area contributed by atoms with E-state index in [4.69, 9.17) is 9.47 Å². The predicted octanol–water partition coefficient (Wildman–Crippen LogP) is 4.02. The van der Waals surface area contributed by atoms with Crippen molar-refractivity contribution >= 4 is 18.0 Å². The molecule has 0 spiro atoms. The number of methoxy groups -OCH3 is 1. The molecule has 30 heavy (non-hydrogen) atoms. The number of hydrogen-bond donors (Lipinski definition) is 1. The highest BCUT2D eigenvalue weighted by molar-refractivity contribution is 5.90. The van der Waals surface area contributed by atoms with Crippen molar-refractivity contribution in [1.82, 2.24) is 5.32 Å². The Hall–Kier alpha value is -3.29. The van der Waals surface area contributed by atoms with Gasteiger partial charge < -0.3 is 14.8 Å². The smallest absolute Gasteiger partial charge is 0.416 e. The third-order valence-corrected chi connectivity index (χ3v) is 4.18. The van der Waals surface area contributed by atoms with E-state index in [1.165, 1.54) is 25.1 Å². The van der Waals surface area contributed by atoms with Gasteiger partial charge in [-0.25, -0.2) is 4.79 Å². The van der Waals surface area contributed by atoms with Gasteiger partial charge in [0.25, 0.3) is 5.91 Å². The van der Waals surface area contributed by atoms with Gasteiger partial charge in [0.15, 0.2) is 6.10 Å². The first kappa shape index (κ1) is 23.0. The van der Waals surface area contributed by atoms with Gasteiger partial charge in [-0.2, -0.15) is 13.2 Å². The molecule has 0 heterocycles. The molecule has 0 aliphatic carbocycles. The average molecular weight is 421 g/mol. The van der Waals surface area contributed by atoms with Crippen molar-refractivity contribution < 1.29 is 32.2 Å². The van der Waals surface area contributed by atoms with Crippen LogP contribution >= 0.6 is 0 Å². The Morgan fingerprint density at radius 2 is 1.70 bits per heavy atom. The van der Waals surface area contributed by atoms with Crippen LogP contribution in [0.25, 0.3) is 6.08 Å². The lowest BCUT2D eigenvalue weighted by molar-refractivity contribution is -0.150. The molecule has 0 unspecified atom stereocenters. The lowest BCUT2D eigenvalue weighted by Crippen LogP contribution is -2.36. The molecular formula is C22H22F3NO4. The van der Waals surface area contributed by atoms with Crippen LogP contribution < -0.4 is 10.1 Å². The summed E-state index contributed by atoms with van der Waals surface area (Å²) in [6.07, 6.45) is -2.45. The number of halogens is 3.